The molecule has 0 saturated carbocycles. The number of carbonyl (C=O) groups is 2. The molecule has 0 radical (unpaired) electrons. The van der Waals surface area contributed by atoms with Crippen molar-refractivity contribution in [2.75, 3.05) is 13.2 Å². The summed E-state index contributed by atoms with van der Waals surface area (Å²) in [7, 11) is 0. The summed E-state index contributed by atoms with van der Waals surface area (Å²) in [5.74, 6) is -0.0443. The molecule has 0 unspecified atom stereocenters. The van der Waals surface area contributed by atoms with Gasteiger partial charge >= 0.3 is 11.9 Å². The summed E-state index contributed by atoms with van der Waals surface area (Å²) in [6.45, 7) is 3.31. The first-order valence-corrected chi connectivity index (χ1v) is 3.60. The molecular formula is C9H10O4. The predicted molar refractivity (Wildman–Crippen MR) is 45.6 cm³/mol. The zero-order chi connectivity index (χ0) is 10.1. The van der Waals surface area contributed by atoms with Crippen molar-refractivity contribution in [2.45, 2.75) is 6.42 Å². The highest BCUT2D eigenvalue weighted by Gasteiger charge is 2.15. The Morgan fingerprint density at radius 2 is 2.00 bits per heavy atom. The van der Waals surface area contributed by atoms with Crippen molar-refractivity contribution in [1.82, 2.24) is 0 Å². The minimum absolute atomic E-state index is 0.119. The number of hydrogen-bond acceptors (Lipinski definition) is 4. The fraction of sp³-hybridized carbons (Fsp3) is 0.333. The van der Waals surface area contributed by atoms with Crippen molar-refractivity contribution in [3.63, 3.8) is 0 Å². The number of esters is 2. The van der Waals surface area contributed by atoms with Crippen LogP contribution in [0.1, 0.15) is 6.42 Å². The molecule has 13 heavy (non-hydrogen) atoms. The summed E-state index contributed by atoms with van der Waals surface area (Å²) < 4.78 is 8.80. The van der Waals surface area contributed by atoms with Crippen LogP contribution in [0.4, 0.5) is 0 Å². The van der Waals surface area contributed by atoms with Gasteiger partial charge < -0.3 is 9.47 Å². The lowest BCUT2D eigenvalue weighted by atomic mass is 10.4. The standard InChI is InChI=1S/C9H10O4/c1-3-5-7-13-9(11)8(10)12-6-4-2/h2-3H,1,5-7H2. The van der Waals surface area contributed by atoms with Crippen LogP contribution in [0.5, 0.6) is 0 Å². The van der Waals surface area contributed by atoms with E-state index >= 15 is 0 Å². The number of hydrogen-bond donors (Lipinski definition) is 0. The van der Waals surface area contributed by atoms with Gasteiger partial charge in [0.25, 0.3) is 0 Å². The fourth-order valence-electron chi connectivity index (χ4n) is 0.460. The number of rotatable bonds is 4. The summed E-state index contributed by atoms with van der Waals surface area (Å²) in [6.07, 6.45) is 6.87. The third-order valence-electron chi connectivity index (χ3n) is 1.01. The van der Waals surface area contributed by atoms with Gasteiger partial charge in [-0.3, -0.25) is 0 Å². The number of terminal acetylenes is 1. The average Bonchev–Trinajstić information content (AvgIpc) is 2.14. The van der Waals surface area contributed by atoms with Gasteiger partial charge in [0, 0.05) is 0 Å². The minimum atomic E-state index is -1.07. The molecule has 0 heterocycles. The second-order valence-corrected chi connectivity index (χ2v) is 1.99. The van der Waals surface area contributed by atoms with Gasteiger partial charge in [-0.05, 0) is 6.42 Å². The molecule has 70 valence electrons. The first-order chi connectivity index (χ1) is 6.22. The lowest BCUT2D eigenvalue weighted by molar-refractivity contribution is -0.166. The third kappa shape index (κ3) is 5.50. The van der Waals surface area contributed by atoms with E-state index in [1.165, 1.54) is 0 Å². The average molecular weight is 182 g/mol. The van der Waals surface area contributed by atoms with Crippen LogP contribution in [0.3, 0.4) is 0 Å². The number of carbonyl (C=O) groups excluding carboxylic acids is 2. The first-order valence-electron chi connectivity index (χ1n) is 3.60. The van der Waals surface area contributed by atoms with Crippen molar-refractivity contribution < 1.29 is 19.1 Å². The van der Waals surface area contributed by atoms with E-state index in [-0.39, 0.29) is 13.2 Å². The zero-order valence-corrected chi connectivity index (χ0v) is 7.12. The molecule has 0 aromatic heterocycles. The largest absolute Gasteiger partial charge is 0.457 e. The number of ether oxygens (including phenoxy) is 2. The monoisotopic (exact) mass is 182 g/mol. The molecule has 0 N–H and O–H groups in total. The molecular weight excluding hydrogens is 172 g/mol. The Labute approximate surface area is 76.5 Å². The van der Waals surface area contributed by atoms with Crippen LogP contribution in [-0.4, -0.2) is 25.2 Å². The molecule has 0 rings (SSSR count). The molecule has 0 bridgehead atoms. The van der Waals surface area contributed by atoms with Crippen LogP contribution < -0.4 is 0 Å². The zero-order valence-electron chi connectivity index (χ0n) is 7.12. The van der Waals surface area contributed by atoms with Crippen molar-refractivity contribution in [1.29, 1.82) is 0 Å². The summed E-state index contributed by atoms with van der Waals surface area (Å²) in [5.41, 5.74) is 0. The summed E-state index contributed by atoms with van der Waals surface area (Å²) in [6, 6.07) is 0. The van der Waals surface area contributed by atoms with Gasteiger partial charge in [0.1, 0.15) is 0 Å². The Balaban J connectivity index is 3.64. The Morgan fingerprint density at radius 1 is 1.38 bits per heavy atom. The van der Waals surface area contributed by atoms with Gasteiger partial charge in [0.05, 0.1) is 6.61 Å². The second-order valence-electron chi connectivity index (χ2n) is 1.99. The van der Waals surface area contributed by atoms with E-state index in [1.807, 2.05) is 0 Å². The molecule has 0 fully saturated rings. The lowest BCUT2D eigenvalue weighted by Gasteiger charge is -2.01. The smallest absolute Gasteiger partial charge is 0.418 e. The lowest BCUT2D eigenvalue weighted by Crippen LogP contribution is -2.20. The molecule has 0 aliphatic carbocycles. The molecule has 0 aromatic carbocycles. The van der Waals surface area contributed by atoms with E-state index in [4.69, 9.17) is 6.42 Å². The van der Waals surface area contributed by atoms with Crippen molar-refractivity contribution in [3.8, 4) is 12.3 Å². The van der Waals surface area contributed by atoms with Gasteiger partial charge in [-0.1, -0.05) is 12.0 Å². The van der Waals surface area contributed by atoms with Crippen molar-refractivity contribution >= 4 is 11.9 Å². The van der Waals surface area contributed by atoms with E-state index in [1.54, 1.807) is 6.08 Å². The molecule has 0 spiro atoms. The Hall–Kier alpha value is -1.76. The van der Waals surface area contributed by atoms with Crippen molar-refractivity contribution in [2.24, 2.45) is 0 Å². The van der Waals surface area contributed by atoms with Crippen LogP contribution in [0.2, 0.25) is 0 Å². The highest BCUT2D eigenvalue weighted by atomic mass is 16.6. The second kappa shape index (κ2) is 6.92. The summed E-state index contributed by atoms with van der Waals surface area (Å²) in [5, 5.41) is 0. The van der Waals surface area contributed by atoms with Gasteiger partial charge in [0.2, 0.25) is 0 Å². The molecule has 0 atom stereocenters. The van der Waals surface area contributed by atoms with Gasteiger partial charge in [0.15, 0.2) is 6.61 Å². The first kappa shape index (κ1) is 11.2. The quantitative estimate of drug-likeness (QED) is 0.206. The molecule has 0 aromatic rings. The van der Waals surface area contributed by atoms with Crippen LogP contribution in [0, 0.1) is 12.3 Å². The highest BCUT2D eigenvalue weighted by molar-refractivity contribution is 6.29. The fourth-order valence-corrected chi connectivity index (χ4v) is 0.460. The molecule has 4 heteroatoms. The Kier molecular flexibility index (Phi) is 5.98. The third-order valence-corrected chi connectivity index (χ3v) is 1.01. The Morgan fingerprint density at radius 3 is 2.54 bits per heavy atom. The molecule has 4 nitrogen and oxygen atoms in total. The van der Waals surface area contributed by atoms with Gasteiger partial charge in [-0.2, -0.15) is 0 Å². The maximum Gasteiger partial charge on any atom is 0.418 e. The molecule has 0 saturated heterocycles. The summed E-state index contributed by atoms with van der Waals surface area (Å²) >= 11 is 0. The molecule has 0 aliphatic rings. The Bertz CT molecular complexity index is 236. The predicted octanol–water partition coefficient (Wildman–Crippen LogP) is 0.282. The van der Waals surface area contributed by atoms with E-state index in [0.717, 1.165) is 0 Å². The van der Waals surface area contributed by atoms with Crippen LogP contribution in [0.15, 0.2) is 12.7 Å². The molecule has 0 aliphatic heterocycles. The van der Waals surface area contributed by atoms with E-state index in [9.17, 15) is 9.59 Å². The molecule has 0 amide bonds. The van der Waals surface area contributed by atoms with Crippen LogP contribution in [-0.2, 0) is 19.1 Å². The minimum Gasteiger partial charge on any atom is -0.457 e. The van der Waals surface area contributed by atoms with E-state index in [0.29, 0.717) is 6.42 Å². The maximum atomic E-state index is 10.7. The van der Waals surface area contributed by atoms with Gasteiger partial charge in [-0.15, -0.1) is 13.0 Å². The van der Waals surface area contributed by atoms with Gasteiger partial charge in [-0.25, -0.2) is 9.59 Å². The SMILES string of the molecule is C#CCOC(=O)C(=O)OCCC=C. The van der Waals surface area contributed by atoms with E-state index < -0.39 is 11.9 Å². The normalized spacial score (nSPS) is 8.23. The maximum absolute atomic E-state index is 10.7. The van der Waals surface area contributed by atoms with Crippen LogP contribution in [0.25, 0.3) is 0 Å². The summed E-state index contributed by atoms with van der Waals surface area (Å²) in [4.78, 5) is 21.4. The van der Waals surface area contributed by atoms with Crippen LogP contribution >= 0.6 is 0 Å². The van der Waals surface area contributed by atoms with E-state index in [2.05, 4.69) is 22.0 Å². The van der Waals surface area contributed by atoms with Crippen molar-refractivity contribution in [3.05, 3.63) is 12.7 Å². The highest BCUT2D eigenvalue weighted by Crippen LogP contribution is 1.87. The topological polar surface area (TPSA) is 52.6 Å².